The summed E-state index contributed by atoms with van der Waals surface area (Å²) in [6, 6.07) is -0.884. The van der Waals surface area contributed by atoms with Crippen LogP contribution in [0.2, 0.25) is 0 Å². The molecule has 0 bridgehead atoms. The molecule has 3 aliphatic rings. The number of nitrogens with zero attached hydrogens (tertiary/aromatic N) is 6. The number of hydrogen-bond acceptors (Lipinski definition) is 17. The van der Waals surface area contributed by atoms with Crippen LogP contribution >= 0.6 is 11.3 Å². The fraction of sp³-hybridized carbons (Fsp3) is 0.875. The minimum Gasteiger partial charge on any atom is -0.459 e. The number of aryl methyl sites for hydroxylation is 4. The summed E-state index contributed by atoms with van der Waals surface area (Å²) in [5, 5.41) is 68.7. The van der Waals surface area contributed by atoms with Gasteiger partial charge in [0.05, 0.1) is 58.4 Å². The number of aliphatic hydroxyl groups excluding tert-OH is 3. The number of methoxy groups -OCH3 is 1. The first-order valence-corrected chi connectivity index (χ1v) is 25.1. The van der Waals surface area contributed by atoms with Gasteiger partial charge in [-0.15, -0.1) is 16.4 Å². The summed E-state index contributed by atoms with van der Waals surface area (Å²) in [5.41, 5.74) is -0.583. The maximum absolute atomic E-state index is 14.6. The minimum absolute atomic E-state index is 0.152. The van der Waals surface area contributed by atoms with Crippen LogP contribution in [0.1, 0.15) is 118 Å². The molecule has 0 aliphatic carbocycles. The number of carbonyl (C=O) groups is 1. The van der Waals surface area contributed by atoms with Gasteiger partial charge in [-0.3, -0.25) is 9.48 Å². The van der Waals surface area contributed by atoms with Crippen molar-refractivity contribution >= 4 is 17.3 Å². The molecule has 18 heteroatoms. The van der Waals surface area contributed by atoms with Crippen molar-refractivity contribution in [2.75, 3.05) is 34.3 Å². The van der Waals surface area contributed by atoms with Gasteiger partial charge >= 0.3 is 5.97 Å². The second kappa shape index (κ2) is 22.7. The molecule has 5 N–H and O–H groups in total. The van der Waals surface area contributed by atoms with Crippen molar-refractivity contribution in [1.82, 2.24) is 29.8 Å². The molecule has 3 aliphatic heterocycles. The van der Waals surface area contributed by atoms with Crippen molar-refractivity contribution in [3.63, 3.8) is 0 Å². The van der Waals surface area contributed by atoms with E-state index in [0.29, 0.717) is 25.9 Å². The quantitative estimate of drug-likeness (QED) is 0.181. The largest absolute Gasteiger partial charge is 0.459 e. The highest BCUT2D eigenvalue weighted by Crippen LogP contribution is 2.45. The molecule has 3 saturated heterocycles. The minimum atomic E-state index is -1.80. The molecule has 1 unspecified atom stereocenters. The van der Waals surface area contributed by atoms with Crippen LogP contribution in [0.3, 0.4) is 0 Å². The average molecular weight is 953 g/mol. The molecule has 378 valence electrons. The number of ether oxygens (including phenoxy) is 5. The molecule has 5 rings (SSSR count). The van der Waals surface area contributed by atoms with Crippen molar-refractivity contribution in [2.45, 2.75) is 212 Å². The summed E-state index contributed by atoms with van der Waals surface area (Å²) in [6.07, 6.45) is -2.67. The van der Waals surface area contributed by atoms with Crippen LogP contribution in [-0.4, -0.2) is 180 Å². The Morgan fingerprint density at radius 3 is 2.35 bits per heavy atom. The van der Waals surface area contributed by atoms with E-state index in [0.717, 1.165) is 30.8 Å². The highest BCUT2D eigenvalue weighted by Gasteiger charge is 2.55. The van der Waals surface area contributed by atoms with E-state index in [-0.39, 0.29) is 37.3 Å². The molecule has 0 saturated carbocycles. The lowest BCUT2D eigenvalue weighted by Crippen LogP contribution is -2.62. The Labute approximate surface area is 397 Å². The van der Waals surface area contributed by atoms with Gasteiger partial charge in [0.15, 0.2) is 6.29 Å². The normalized spacial score (nSPS) is 41.6. The fourth-order valence-corrected chi connectivity index (χ4v) is 12.0. The maximum atomic E-state index is 14.6. The van der Waals surface area contributed by atoms with Gasteiger partial charge in [-0.25, -0.2) is 4.98 Å². The molecular formula is C48H84N6O11S. The first-order valence-electron chi connectivity index (χ1n) is 24.2. The summed E-state index contributed by atoms with van der Waals surface area (Å²) in [5.74, 6) is -3.04. The SMILES string of the molecule is CC[C@H]1OC(=O)[C@H](C)[C@@H](C2C[C@@](C)(OC)[C@@H](O)[C@H](C)O2)[C@H](C)[C@@H](O[C@@H]2O[C@H](C)C[C@H](N(C)CCCc3cn(CCc4scnc4C)nn3)[C@H]2O)[C@](C)(O)C[C@@H](C)CN(C)[C@H](C)[C@@H](O)[C@]1(C)O. The predicted octanol–water partition coefficient (Wildman–Crippen LogP) is 3.78. The van der Waals surface area contributed by atoms with Gasteiger partial charge in [0.2, 0.25) is 0 Å². The monoisotopic (exact) mass is 953 g/mol. The molecule has 3 fully saturated rings. The van der Waals surface area contributed by atoms with Crippen molar-refractivity contribution in [2.24, 2.45) is 23.7 Å². The second-order valence-corrected chi connectivity index (χ2v) is 21.9. The third kappa shape index (κ3) is 12.6. The Morgan fingerprint density at radius 1 is 1.02 bits per heavy atom. The summed E-state index contributed by atoms with van der Waals surface area (Å²) >= 11 is 1.65. The van der Waals surface area contributed by atoms with E-state index in [4.69, 9.17) is 23.7 Å². The molecule has 5 heterocycles. The van der Waals surface area contributed by atoms with Crippen LogP contribution < -0.4 is 0 Å². The van der Waals surface area contributed by atoms with Crippen LogP contribution in [0.4, 0.5) is 0 Å². The molecule has 0 aromatic carbocycles. The van der Waals surface area contributed by atoms with Gasteiger partial charge in [0.25, 0.3) is 0 Å². The molecule has 17 nitrogen and oxygen atoms in total. The Kier molecular flexibility index (Phi) is 18.8. The number of aliphatic hydroxyl groups is 5. The maximum Gasteiger partial charge on any atom is 0.309 e. The third-order valence-electron chi connectivity index (χ3n) is 15.4. The lowest BCUT2D eigenvalue weighted by atomic mass is 9.68. The molecule has 0 radical (unpaired) electrons. The highest BCUT2D eigenvalue weighted by atomic mass is 32.1. The van der Waals surface area contributed by atoms with Gasteiger partial charge in [-0.2, -0.15) is 0 Å². The number of cyclic esters (lactones) is 1. The number of thiazole rings is 1. The smallest absolute Gasteiger partial charge is 0.309 e. The van der Waals surface area contributed by atoms with E-state index in [1.165, 1.54) is 11.8 Å². The molecular weight excluding hydrogens is 869 g/mol. The van der Waals surface area contributed by atoms with Gasteiger partial charge < -0.3 is 59.0 Å². The number of likely N-dealkylation sites (N-methyl/N-ethyl adjacent to an activating group) is 2. The van der Waals surface area contributed by atoms with Crippen LogP contribution in [0.25, 0.3) is 0 Å². The van der Waals surface area contributed by atoms with Crippen molar-refractivity contribution in [3.05, 3.63) is 28.0 Å². The molecule has 2 aromatic rings. The van der Waals surface area contributed by atoms with E-state index in [2.05, 4.69) is 20.2 Å². The summed E-state index contributed by atoms with van der Waals surface area (Å²) < 4.78 is 34.0. The van der Waals surface area contributed by atoms with E-state index in [9.17, 15) is 30.3 Å². The molecule has 0 spiro atoms. The van der Waals surface area contributed by atoms with E-state index < -0.39 is 95.6 Å². The molecule has 18 atom stereocenters. The van der Waals surface area contributed by atoms with Crippen molar-refractivity contribution in [1.29, 1.82) is 0 Å². The summed E-state index contributed by atoms with van der Waals surface area (Å²) in [7, 11) is 5.39. The number of hydrogen-bond donors (Lipinski definition) is 5. The summed E-state index contributed by atoms with van der Waals surface area (Å²) in [4.78, 5) is 24.2. The number of aromatic nitrogens is 4. The van der Waals surface area contributed by atoms with Crippen LogP contribution in [0.15, 0.2) is 11.7 Å². The Morgan fingerprint density at radius 2 is 1.71 bits per heavy atom. The van der Waals surface area contributed by atoms with Gasteiger partial charge in [0, 0.05) is 62.1 Å². The predicted molar refractivity (Wildman–Crippen MR) is 251 cm³/mol. The van der Waals surface area contributed by atoms with Gasteiger partial charge in [-0.1, -0.05) is 32.9 Å². The topological polar surface area (TPSA) is 214 Å². The van der Waals surface area contributed by atoms with E-state index >= 15 is 0 Å². The fourth-order valence-electron chi connectivity index (χ4n) is 11.2. The Hall–Kier alpha value is -2.20. The Balaban J connectivity index is 1.44. The van der Waals surface area contributed by atoms with Crippen molar-refractivity contribution in [3.8, 4) is 0 Å². The summed E-state index contributed by atoms with van der Waals surface area (Å²) in [6.45, 7) is 21.9. The lowest BCUT2D eigenvalue weighted by molar-refractivity contribution is -0.303. The van der Waals surface area contributed by atoms with Crippen molar-refractivity contribution < 1.29 is 54.0 Å². The molecule has 0 amide bonds. The van der Waals surface area contributed by atoms with E-state index in [1.54, 1.807) is 46.1 Å². The first-order chi connectivity index (χ1) is 30.8. The lowest BCUT2D eigenvalue weighted by Gasteiger charge is -2.51. The molecule has 2 aromatic heterocycles. The van der Waals surface area contributed by atoms with Gasteiger partial charge in [0.1, 0.15) is 30.0 Å². The van der Waals surface area contributed by atoms with Gasteiger partial charge in [-0.05, 0) is 113 Å². The number of esters is 1. The Bertz CT molecular complexity index is 1830. The first kappa shape index (κ1) is 54.7. The van der Waals surface area contributed by atoms with Crippen LogP contribution in [0.5, 0.6) is 0 Å². The number of carbonyl (C=O) groups excluding carboxylic acids is 1. The highest BCUT2D eigenvalue weighted by molar-refractivity contribution is 7.09. The third-order valence-corrected chi connectivity index (χ3v) is 16.4. The zero-order chi connectivity index (χ0) is 49.1. The zero-order valence-electron chi connectivity index (χ0n) is 42.2. The van der Waals surface area contributed by atoms with Crippen LogP contribution in [-0.2, 0) is 47.9 Å². The average Bonchev–Trinajstić information content (AvgIpc) is 3.89. The van der Waals surface area contributed by atoms with Crippen LogP contribution in [0, 0.1) is 30.6 Å². The number of rotatable bonds is 13. The second-order valence-electron chi connectivity index (χ2n) is 21.0. The molecule has 66 heavy (non-hydrogen) atoms. The zero-order valence-corrected chi connectivity index (χ0v) is 43.0. The van der Waals surface area contributed by atoms with E-state index in [1.807, 2.05) is 76.9 Å². The standard InChI is InChI=1S/C48H84N6O11S/c1-15-38-48(11,60)41(56)32(7)53(13)24-27(2)22-46(9,59)43(29(4)39(30(5)44(58)64-38)36-23-47(10,61-14)42(57)33(8)63-36)65-45-40(55)35(21-28(3)62-45)52(12)19-16-17-34-25-54(51-50-34)20-18-37-31(6)49-26-66-37/h25-30,32-33,35-36,38-43,45,55-57,59-60H,15-24H2,1-14H3/t27-,28-,29+,30-,32-,33+,35+,36?,38-,39+,40-,41-,42+,43-,45+,46-,47-,48-/m1/s1.